The number of aliphatic hydroxyl groups is 1. The number of halogens is 1. The van der Waals surface area contributed by atoms with Crippen LogP contribution in [0.5, 0.6) is 0 Å². The molecule has 3 aromatic rings. The molecule has 2 fully saturated rings. The van der Waals surface area contributed by atoms with Gasteiger partial charge in [0.15, 0.2) is 5.69 Å². The van der Waals surface area contributed by atoms with Gasteiger partial charge in [0, 0.05) is 23.4 Å². The number of hydrogen-bond donors (Lipinski definition) is 4. The first kappa shape index (κ1) is 30.8. The number of aromatic nitrogens is 5. The molecule has 2 saturated carbocycles. The van der Waals surface area contributed by atoms with Gasteiger partial charge in [0.1, 0.15) is 17.6 Å². The van der Waals surface area contributed by atoms with Crippen molar-refractivity contribution in [3.05, 3.63) is 40.9 Å². The first-order chi connectivity index (χ1) is 20.9. The summed E-state index contributed by atoms with van der Waals surface area (Å²) in [5, 5.41) is 29.8. The van der Waals surface area contributed by atoms with Crippen LogP contribution in [0.2, 0.25) is 0 Å². The van der Waals surface area contributed by atoms with Crippen molar-refractivity contribution in [2.75, 3.05) is 11.9 Å². The molecule has 2 aliphatic rings. The van der Waals surface area contributed by atoms with Crippen molar-refractivity contribution in [1.82, 2.24) is 30.8 Å². The second kappa shape index (κ2) is 14.2. The zero-order valence-electron chi connectivity index (χ0n) is 25.0. The molecule has 3 heterocycles. The van der Waals surface area contributed by atoms with Crippen molar-refractivity contribution in [2.24, 2.45) is 17.8 Å². The summed E-state index contributed by atoms with van der Waals surface area (Å²) in [6, 6.07) is 2.28. The number of nitrogens with zero attached hydrogens (tertiary/aromatic N) is 4. The average Bonchev–Trinajstić information content (AvgIpc) is 3.62. The Morgan fingerprint density at radius 1 is 1.05 bits per heavy atom. The quantitative estimate of drug-likeness (QED) is 0.224. The highest BCUT2D eigenvalue weighted by Crippen LogP contribution is 2.42. The van der Waals surface area contributed by atoms with E-state index in [2.05, 4.69) is 36.1 Å². The number of pyridine rings is 1. The summed E-state index contributed by atoms with van der Waals surface area (Å²) >= 11 is 0. The van der Waals surface area contributed by atoms with Crippen LogP contribution < -0.4 is 10.6 Å². The minimum absolute atomic E-state index is 0.0108. The second-order valence-electron chi connectivity index (χ2n) is 12.0. The number of H-pyrrole nitrogens is 1. The van der Waals surface area contributed by atoms with Crippen molar-refractivity contribution in [1.29, 1.82) is 0 Å². The van der Waals surface area contributed by atoms with Gasteiger partial charge in [-0.05, 0) is 61.7 Å². The second-order valence-corrected chi connectivity index (χ2v) is 12.0. The van der Waals surface area contributed by atoms with Gasteiger partial charge in [-0.25, -0.2) is 9.61 Å². The number of aliphatic hydroxyl groups excluding tert-OH is 1. The van der Waals surface area contributed by atoms with Crippen molar-refractivity contribution in [3.8, 4) is 11.1 Å². The minimum Gasteiger partial charge on any atom is -0.396 e. The molecule has 0 spiro atoms. The molecule has 232 valence electrons. The summed E-state index contributed by atoms with van der Waals surface area (Å²) in [5.74, 6) is -1.17. The largest absolute Gasteiger partial charge is 0.396 e. The van der Waals surface area contributed by atoms with Gasteiger partial charge < -0.3 is 15.7 Å². The third-order valence-electron chi connectivity index (χ3n) is 9.18. The Morgan fingerprint density at radius 3 is 2.30 bits per heavy atom. The zero-order chi connectivity index (χ0) is 30.3. The van der Waals surface area contributed by atoms with Gasteiger partial charge >= 0.3 is 0 Å². The molecule has 0 aliphatic heterocycles. The predicted octanol–water partition coefficient (Wildman–Crippen LogP) is 5.05. The summed E-state index contributed by atoms with van der Waals surface area (Å²) in [4.78, 5) is 31.8. The fourth-order valence-corrected chi connectivity index (χ4v) is 7.15. The molecule has 11 nitrogen and oxygen atoms in total. The normalized spacial score (nSPS) is 17.2. The van der Waals surface area contributed by atoms with E-state index in [9.17, 15) is 14.7 Å². The van der Waals surface area contributed by atoms with Gasteiger partial charge in [-0.15, -0.1) is 0 Å². The maximum Gasteiger partial charge on any atom is 0.276 e. The van der Waals surface area contributed by atoms with Crippen LogP contribution in [0.25, 0.3) is 11.1 Å². The Balaban J connectivity index is 1.45. The molecule has 4 N–H and O–H groups in total. The van der Waals surface area contributed by atoms with Crippen LogP contribution >= 0.6 is 0 Å². The monoisotopic (exact) mass is 595 g/mol. The van der Waals surface area contributed by atoms with E-state index >= 15 is 4.39 Å². The Kier molecular flexibility index (Phi) is 10.2. The van der Waals surface area contributed by atoms with E-state index in [1.807, 2.05) is 6.92 Å². The van der Waals surface area contributed by atoms with Crippen LogP contribution in [0.15, 0.2) is 16.8 Å². The number of aromatic amines is 1. The van der Waals surface area contributed by atoms with Crippen LogP contribution in [-0.2, 0) is 11.2 Å². The third-order valence-corrected chi connectivity index (χ3v) is 9.18. The molecule has 12 heteroatoms. The van der Waals surface area contributed by atoms with Gasteiger partial charge in [-0.3, -0.25) is 14.7 Å². The van der Waals surface area contributed by atoms with E-state index in [1.165, 1.54) is 12.8 Å². The lowest BCUT2D eigenvalue weighted by atomic mass is 9.66. The van der Waals surface area contributed by atoms with Crippen LogP contribution in [0, 0.1) is 37.5 Å². The molecule has 2 amide bonds. The number of rotatable bonds is 11. The van der Waals surface area contributed by atoms with Gasteiger partial charge in [-0.1, -0.05) is 69.4 Å². The summed E-state index contributed by atoms with van der Waals surface area (Å²) in [5.41, 5.74) is 2.66. The molecule has 0 saturated heterocycles. The van der Waals surface area contributed by atoms with E-state index in [-0.39, 0.29) is 35.9 Å². The maximum absolute atomic E-state index is 15.3. The van der Waals surface area contributed by atoms with Crippen molar-refractivity contribution in [3.63, 3.8) is 0 Å². The molecule has 2 aliphatic carbocycles. The van der Waals surface area contributed by atoms with Gasteiger partial charge in [0.2, 0.25) is 11.9 Å². The SMILES string of the molecule is Cc1n[nH]c(C)c1-c1ccc(NC(=O)C(NC(=O)c2nonc2CCCO)C(C2CCCCC2)C2CCCCC2)nc1F. The summed E-state index contributed by atoms with van der Waals surface area (Å²) in [6.45, 7) is 3.54. The highest BCUT2D eigenvalue weighted by atomic mass is 19.1. The van der Waals surface area contributed by atoms with Crippen LogP contribution in [0.1, 0.15) is 98.2 Å². The maximum atomic E-state index is 15.3. The lowest BCUT2D eigenvalue weighted by molar-refractivity contribution is -0.121. The molecular formula is C31H42FN7O4. The number of aryl methyl sites for hydroxylation is 3. The van der Waals surface area contributed by atoms with Crippen LogP contribution in [0.3, 0.4) is 0 Å². The molecule has 43 heavy (non-hydrogen) atoms. The third kappa shape index (κ3) is 7.11. The van der Waals surface area contributed by atoms with Crippen LogP contribution in [0.4, 0.5) is 10.2 Å². The zero-order valence-corrected chi connectivity index (χ0v) is 25.0. The lowest BCUT2D eigenvalue weighted by Gasteiger charge is -2.41. The summed E-state index contributed by atoms with van der Waals surface area (Å²) < 4.78 is 20.2. The Bertz CT molecular complexity index is 1360. The van der Waals surface area contributed by atoms with Gasteiger partial charge in [-0.2, -0.15) is 9.49 Å². The predicted molar refractivity (Wildman–Crippen MR) is 157 cm³/mol. The highest BCUT2D eigenvalue weighted by Gasteiger charge is 2.42. The lowest BCUT2D eigenvalue weighted by Crippen LogP contribution is -2.53. The number of carbonyl (C=O) groups is 2. The van der Waals surface area contributed by atoms with Gasteiger partial charge in [0.05, 0.1) is 5.69 Å². The number of hydrogen-bond acceptors (Lipinski definition) is 8. The first-order valence-corrected chi connectivity index (χ1v) is 15.6. The van der Waals surface area contributed by atoms with E-state index in [0.29, 0.717) is 35.4 Å². The minimum atomic E-state index is -0.885. The van der Waals surface area contributed by atoms with Crippen molar-refractivity contribution >= 4 is 17.6 Å². The summed E-state index contributed by atoms with van der Waals surface area (Å²) in [6.07, 6.45) is 11.4. The number of amides is 2. The van der Waals surface area contributed by atoms with E-state index in [4.69, 9.17) is 4.63 Å². The Hall–Kier alpha value is -3.67. The standard InChI is InChI=1S/C31H42FN7O4/c1-18-25(19(2)37-36-18)22-15-16-24(33-29(22)32)34-31(42)28(35-30(41)27-23(14-9-17-40)38-43-39-27)26(20-10-5-3-6-11-20)21-12-7-4-8-13-21/h15-16,20-21,26,28,40H,3-14,17H2,1-2H3,(H,35,41)(H,36,37)(H,33,34,42). The molecule has 0 bridgehead atoms. The number of anilines is 1. The first-order valence-electron chi connectivity index (χ1n) is 15.6. The fraction of sp³-hybridized carbons (Fsp3) is 0.613. The molecule has 1 unspecified atom stereocenters. The number of carbonyl (C=O) groups excluding carboxylic acids is 2. The molecule has 1 atom stereocenters. The Morgan fingerprint density at radius 2 is 1.72 bits per heavy atom. The van der Waals surface area contributed by atoms with Crippen molar-refractivity contribution < 1.29 is 23.7 Å². The average molecular weight is 596 g/mol. The smallest absolute Gasteiger partial charge is 0.276 e. The molecular weight excluding hydrogens is 553 g/mol. The molecule has 0 aromatic carbocycles. The summed E-state index contributed by atoms with van der Waals surface area (Å²) in [7, 11) is 0. The topological polar surface area (TPSA) is 159 Å². The molecule has 3 aromatic heterocycles. The fourth-order valence-electron chi connectivity index (χ4n) is 7.15. The number of nitrogens with one attached hydrogen (secondary N) is 3. The highest BCUT2D eigenvalue weighted by molar-refractivity contribution is 6.00. The van der Waals surface area contributed by atoms with Crippen LogP contribution in [-0.4, -0.2) is 55.1 Å². The van der Waals surface area contributed by atoms with E-state index in [1.54, 1.807) is 19.1 Å². The molecule has 0 radical (unpaired) electrons. The van der Waals surface area contributed by atoms with Crippen molar-refractivity contribution in [2.45, 2.75) is 96.9 Å². The Labute approximate surface area is 250 Å². The van der Waals surface area contributed by atoms with E-state index in [0.717, 1.165) is 57.1 Å². The van der Waals surface area contributed by atoms with Gasteiger partial charge in [0.25, 0.3) is 5.91 Å². The molecule has 5 rings (SSSR count). The van der Waals surface area contributed by atoms with E-state index < -0.39 is 23.8 Å².